The van der Waals surface area contributed by atoms with E-state index >= 15 is 0 Å². The molecular formula is C24H25N5O3. The van der Waals surface area contributed by atoms with Crippen LogP contribution in [0.2, 0.25) is 0 Å². The Morgan fingerprint density at radius 1 is 1.06 bits per heavy atom. The summed E-state index contributed by atoms with van der Waals surface area (Å²) in [5, 5.41) is 10.3. The van der Waals surface area contributed by atoms with E-state index in [1.54, 1.807) is 4.68 Å². The van der Waals surface area contributed by atoms with Gasteiger partial charge in [-0.1, -0.05) is 30.3 Å². The zero-order valence-corrected chi connectivity index (χ0v) is 17.7. The minimum absolute atomic E-state index is 0.132. The Labute approximate surface area is 186 Å². The van der Waals surface area contributed by atoms with Crippen LogP contribution in [0.15, 0.2) is 54.6 Å². The molecule has 3 aromatic rings. The Bertz CT molecular complexity index is 1120. The van der Waals surface area contributed by atoms with Gasteiger partial charge in [-0.05, 0) is 55.5 Å². The lowest BCUT2D eigenvalue weighted by atomic mass is 10.2. The first-order valence-corrected chi connectivity index (χ1v) is 11.0. The lowest BCUT2D eigenvalue weighted by Crippen LogP contribution is -2.27. The van der Waals surface area contributed by atoms with Crippen molar-refractivity contribution in [2.24, 2.45) is 0 Å². The monoisotopic (exact) mass is 431 g/mol. The SMILES string of the molecule is O=C(NCc1cccc(NC(=O)C2CCCO2)c1)c1nc(C2CC2)n(-c2ccccc2)n1. The van der Waals surface area contributed by atoms with Gasteiger partial charge in [0.25, 0.3) is 11.8 Å². The third kappa shape index (κ3) is 4.55. The Morgan fingerprint density at radius 2 is 1.91 bits per heavy atom. The highest BCUT2D eigenvalue weighted by atomic mass is 16.5. The van der Waals surface area contributed by atoms with Gasteiger partial charge >= 0.3 is 0 Å². The first kappa shape index (κ1) is 20.4. The predicted molar refractivity (Wildman–Crippen MR) is 119 cm³/mol. The first-order valence-electron chi connectivity index (χ1n) is 11.0. The number of para-hydroxylation sites is 1. The maximum absolute atomic E-state index is 12.8. The molecule has 1 saturated heterocycles. The van der Waals surface area contributed by atoms with Crippen molar-refractivity contribution in [2.75, 3.05) is 11.9 Å². The zero-order chi connectivity index (χ0) is 21.9. The maximum Gasteiger partial charge on any atom is 0.291 e. The van der Waals surface area contributed by atoms with E-state index < -0.39 is 0 Å². The molecule has 1 aliphatic heterocycles. The van der Waals surface area contributed by atoms with E-state index in [4.69, 9.17) is 4.74 Å². The number of nitrogens with zero attached hydrogens (tertiary/aromatic N) is 3. The van der Waals surface area contributed by atoms with Gasteiger partial charge in [0.1, 0.15) is 11.9 Å². The summed E-state index contributed by atoms with van der Waals surface area (Å²) in [5.41, 5.74) is 2.45. The third-order valence-electron chi connectivity index (χ3n) is 5.65. The second-order valence-corrected chi connectivity index (χ2v) is 8.19. The van der Waals surface area contributed by atoms with Crippen molar-refractivity contribution >= 4 is 17.5 Å². The molecule has 8 nitrogen and oxygen atoms in total. The van der Waals surface area contributed by atoms with Crippen molar-refractivity contribution in [3.63, 3.8) is 0 Å². The van der Waals surface area contributed by atoms with Crippen LogP contribution in [0, 0.1) is 0 Å². The van der Waals surface area contributed by atoms with Gasteiger partial charge in [-0.2, -0.15) is 0 Å². The van der Waals surface area contributed by atoms with E-state index in [-0.39, 0.29) is 23.7 Å². The fourth-order valence-electron chi connectivity index (χ4n) is 3.81. The Morgan fingerprint density at radius 3 is 2.66 bits per heavy atom. The zero-order valence-electron chi connectivity index (χ0n) is 17.7. The molecule has 1 aliphatic carbocycles. The summed E-state index contributed by atoms with van der Waals surface area (Å²) in [5.74, 6) is 0.898. The average Bonchev–Trinajstić information content (AvgIpc) is 3.33. The molecule has 2 heterocycles. The number of amides is 2. The quantitative estimate of drug-likeness (QED) is 0.599. The molecule has 1 saturated carbocycles. The number of nitrogens with one attached hydrogen (secondary N) is 2. The van der Waals surface area contributed by atoms with Crippen LogP contribution in [-0.4, -0.2) is 39.3 Å². The fraction of sp³-hybridized carbons (Fsp3) is 0.333. The molecule has 8 heteroatoms. The molecule has 1 unspecified atom stereocenters. The number of rotatable bonds is 7. The minimum Gasteiger partial charge on any atom is -0.368 e. The Kier molecular flexibility index (Phi) is 5.68. The van der Waals surface area contributed by atoms with Crippen LogP contribution in [0.4, 0.5) is 5.69 Å². The van der Waals surface area contributed by atoms with E-state index in [1.807, 2.05) is 54.6 Å². The van der Waals surface area contributed by atoms with Gasteiger partial charge < -0.3 is 15.4 Å². The standard InChI is InChI=1S/C24H25N5O3/c30-23(20-10-5-13-32-20)26-18-7-4-6-16(14-18)15-25-24(31)21-27-22(17-11-12-17)29(28-21)19-8-2-1-3-9-19/h1-4,6-9,14,17,20H,5,10-13,15H2,(H,25,31)(H,26,30). The molecular weight excluding hydrogens is 406 g/mol. The molecule has 0 spiro atoms. The summed E-state index contributed by atoms with van der Waals surface area (Å²) >= 11 is 0. The number of carbonyl (C=O) groups is 2. The van der Waals surface area contributed by atoms with Crippen molar-refractivity contribution in [3.05, 3.63) is 71.8 Å². The predicted octanol–water partition coefficient (Wildman–Crippen LogP) is 3.19. The number of carbonyl (C=O) groups excluding carboxylic acids is 2. The highest BCUT2D eigenvalue weighted by Gasteiger charge is 2.31. The van der Waals surface area contributed by atoms with Gasteiger partial charge in [0.2, 0.25) is 5.82 Å². The van der Waals surface area contributed by atoms with Crippen molar-refractivity contribution in [1.29, 1.82) is 0 Å². The summed E-state index contributed by atoms with van der Waals surface area (Å²) < 4.78 is 7.20. The summed E-state index contributed by atoms with van der Waals surface area (Å²) in [4.78, 5) is 29.6. The van der Waals surface area contributed by atoms with Gasteiger partial charge in [0.05, 0.1) is 5.69 Å². The van der Waals surface area contributed by atoms with Crippen LogP contribution >= 0.6 is 0 Å². The first-order chi connectivity index (χ1) is 15.7. The lowest BCUT2D eigenvalue weighted by molar-refractivity contribution is -0.124. The smallest absolute Gasteiger partial charge is 0.291 e. The largest absolute Gasteiger partial charge is 0.368 e. The third-order valence-corrected chi connectivity index (χ3v) is 5.65. The number of benzene rings is 2. The Balaban J connectivity index is 1.25. The van der Waals surface area contributed by atoms with Crippen LogP contribution in [0.25, 0.3) is 5.69 Å². The van der Waals surface area contributed by atoms with Crippen LogP contribution in [0.3, 0.4) is 0 Å². The van der Waals surface area contributed by atoms with Crippen LogP contribution < -0.4 is 10.6 Å². The molecule has 32 heavy (non-hydrogen) atoms. The summed E-state index contributed by atoms with van der Waals surface area (Å²) in [6.07, 6.45) is 3.40. The van der Waals surface area contributed by atoms with E-state index in [0.717, 1.165) is 42.8 Å². The molecule has 164 valence electrons. The number of ether oxygens (including phenoxy) is 1. The normalized spacial score (nSPS) is 17.8. The maximum atomic E-state index is 12.8. The van der Waals surface area contributed by atoms with Crippen LogP contribution in [0.5, 0.6) is 0 Å². The number of hydrogen-bond acceptors (Lipinski definition) is 5. The molecule has 0 radical (unpaired) electrons. The van der Waals surface area contributed by atoms with E-state index in [2.05, 4.69) is 20.7 Å². The molecule has 2 fully saturated rings. The molecule has 1 atom stereocenters. The van der Waals surface area contributed by atoms with Crippen LogP contribution in [-0.2, 0) is 16.1 Å². The molecule has 0 bridgehead atoms. The number of aromatic nitrogens is 3. The van der Waals surface area contributed by atoms with Gasteiger partial charge in [0.15, 0.2) is 0 Å². The molecule has 1 aromatic heterocycles. The second kappa shape index (κ2) is 8.92. The van der Waals surface area contributed by atoms with Gasteiger partial charge in [-0.15, -0.1) is 5.10 Å². The Hall–Kier alpha value is -3.52. The van der Waals surface area contributed by atoms with Crippen molar-refractivity contribution in [1.82, 2.24) is 20.1 Å². The van der Waals surface area contributed by atoms with Gasteiger partial charge in [-0.3, -0.25) is 9.59 Å². The van der Waals surface area contributed by atoms with Gasteiger partial charge in [-0.25, -0.2) is 9.67 Å². The fourth-order valence-corrected chi connectivity index (χ4v) is 3.81. The van der Waals surface area contributed by atoms with Crippen molar-refractivity contribution in [3.8, 4) is 5.69 Å². The molecule has 2 amide bonds. The lowest BCUT2D eigenvalue weighted by Gasteiger charge is -2.11. The number of anilines is 1. The van der Waals surface area contributed by atoms with E-state index in [0.29, 0.717) is 24.8 Å². The van der Waals surface area contributed by atoms with Crippen LogP contribution in [0.1, 0.15) is 53.6 Å². The number of hydrogen-bond donors (Lipinski definition) is 2. The van der Waals surface area contributed by atoms with Crippen molar-refractivity contribution in [2.45, 2.75) is 44.2 Å². The molecule has 2 aromatic carbocycles. The summed E-state index contributed by atoms with van der Waals surface area (Å²) in [7, 11) is 0. The average molecular weight is 431 g/mol. The highest BCUT2D eigenvalue weighted by Crippen LogP contribution is 2.39. The topological polar surface area (TPSA) is 98.1 Å². The summed E-state index contributed by atoms with van der Waals surface area (Å²) in [6, 6.07) is 17.2. The molecule has 2 aliphatic rings. The van der Waals surface area contributed by atoms with E-state index in [1.165, 1.54) is 0 Å². The van der Waals surface area contributed by atoms with E-state index in [9.17, 15) is 9.59 Å². The highest BCUT2D eigenvalue weighted by molar-refractivity contribution is 5.94. The minimum atomic E-state index is -0.384. The molecule has 5 rings (SSSR count). The van der Waals surface area contributed by atoms with Gasteiger partial charge in [0, 0.05) is 24.8 Å². The molecule has 2 N–H and O–H groups in total. The summed E-state index contributed by atoms with van der Waals surface area (Å²) in [6.45, 7) is 0.932. The second-order valence-electron chi connectivity index (χ2n) is 8.19. The van der Waals surface area contributed by atoms with Crippen molar-refractivity contribution < 1.29 is 14.3 Å².